The van der Waals surface area contributed by atoms with Crippen LogP contribution in [0.4, 0.5) is 0 Å². The lowest BCUT2D eigenvalue weighted by molar-refractivity contribution is 0.415. The number of nitrogens with zero attached hydrogens (tertiary/aromatic N) is 2. The third kappa shape index (κ3) is 5.03. The van der Waals surface area contributed by atoms with Gasteiger partial charge in [0, 0.05) is 20.5 Å². The highest BCUT2D eigenvalue weighted by Crippen LogP contribution is 2.37. The van der Waals surface area contributed by atoms with Crippen molar-refractivity contribution in [2.75, 3.05) is 7.11 Å². The van der Waals surface area contributed by atoms with E-state index in [-0.39, 0.29) is 0 Å². The maximum atomic E-state index is 6.08. The fourth-order valence-corrected chi connectivity index (χ4v) is 5.17. The van der Waals surface area contributed by atoms with Crippen LogP contribution in [0.2, 0.25) is 5.02 Å². The molecule has 0 spiro atoms. The van der Waals surface area contributed by atoms with Crippen LogP contribution >= 0.6 is 35.1 Å². The third-order valence-electron chi connectivity index (χ3n) is 5.09. The van der Waals surface area contributed by atoms with E-state index in [9.17, 15) is 0 Å². The number of halogens is 1. The van der Waals surface area contributed by atoms with E-state index in [2.05, 4.69) is 42.2 Å². The first-order valence-electron chi connectivity index (χ1n) is 10.3. The number of H-pyrrole nitrogens is 1. The molecule has 1 N–H and O–H groups in total. The number of aromatic amines is 1. The zero-order chi connectivity index (χ0) is 22.8. The molecule has 0 bridgehead atoms. The predicted octanol–water partition coefficient (Wildman–Crippen LogP) is 7.90. The van der Waals surface area contributed by atoms with Crippen molar-refractivity contribution in [1.82, 2.24) is 15.0 Å². The minimum atomic E-state index is 0.700. The fraction of sp³-hybridized carbons (Fsp3) is 0.0769. The summed E-state index contributed by atoms with van der Waals surface area (Å²) in [5.74, 6) is 0.824. The number of rotatable bonds is 6. The molecule has 164 valence electrons. The Kier molecular flexibility index (Phi) is 6.31. The second kappa shape index (κ2) is 9.51. The number of fused-ring (bicyclic) bond motifs is 1. The Hall–Kier alpha value is -2.93. The number of aromatic nitrogens is 3. The highest BCUT2D eigenvalue weighted by atomic mass is 35.5. The lowest BCUT2D eigenvalue weighted by atomic mass is 10.1. The minimum absolute atomic E-state index is 0.700. The standard InChI is InChI=1S/C26H20ClN3OS2/c1-16-3-11-21(12-4-16)33-26-29-24-22(25(30-26)32-20-13-7-18(27)8-14-20)15-23(28-24)17-5-9-19(31-2)10-6-17/h3-15H,1-2H3,(H,28,29,30). The molecule has 3 aromatic carbocycles. The molecule has 5 aromatic rings. The molecule has 2 aromatic heterocycles. The van der Waals surface area contributed by atoms with E-state index < -0.39 is 0 Å². The Morgan fingerprint density at radius 1 is 0.818 bits per heavy atom. The number of hydrogen-bond acceptors (Lipinski definition) is 5. The van der Waals surface area contributed by atoms with Gasteiger partial charge in [0.05, 0.1) is 12.5 Å². The van der Waals surface area contributed by atoms with Crippen LogP contribution in [0, 0.1) is 6.92 Å². The van der Waals surface area contributed by atoms with Crippen LogP contribution in [0.1, 0.15) is 5.56 Å². The number of ether oxygens (including phenoxy) is 1. The molecule has 0 saturated heterocycles. The van der Waals surface area contributed by atoms with Gasteiger partial charge in [0.1, 0.15) is 16.4 Å². The number of aryl methyl sites for hydroxylation is 1. The fourth-order valence-electron chi connectivity index (χ4n) is 3.34. The van der Waals surface area contributed by atoms with E-state index in [1.165, 1.54) is 5.56 Å². The maximum absolute atomic E-state index is 6.08. The summed E-state index contributed by atoms with van der Waals surface area (Å²) in [7, 11) is 1.67. The average molecular weight is 490 g/mol. The Morgan fingerprint density at radius 3 is 2.18 bits per heavy atom. The van der Waals surface area contributed by atoms with Crippen molar-refractivity contribution < 1.29 is 4.74 Å². The molecule has 0 aliphatic heterocycles. The summed E-state index contributed by atoms with van der Waals surface area (Å²) < 4.78 is 5.29. The molecular weight excluding hydrogens is 470 g/mol. The first-order valence-corrected chi connectivity index (χ1v) is 12.3. The summed E-state index contributed by atoms with van der Waals surface area (Å²) >= 11 is 9.24. The zero-order valence-electron chi connectivity index (χ0n) is 18.0. The molecule has 0 fully saturated rings. The van der Waals surface area contributed by atoms with Crippen molar-refractivity contribution >= 4 is 46.2 Å². The maximum Gasteiger partial charge on any atom is 0.195 e. The van der Waals surface area contributed by atoms with Gasteiger partial charge in [0.25, 0.3) is 0 Å². The van der Waals surface area contributed by atoms with E-state index >= 15 is 0 Å². The van der Waals surface area contributed by atoms with Gasteiger partial charge in [0.2, 0.25) is 0 Å². The molecular formula is C26H20ClN3OS2. The van der Waals surface area contributed by atoms with Crippen LogP contribution in [0.15, 0.2) is 98.8 Å². The summed E-state index contributed by atoms with van der Waals surface area (Å²) in [5, 5.41) is 3.29. The summed E-state index contributed by atoms with van der Waals surface area (Å²) in [6, 6.07) is 26.3. The minimum Gasteiger partial charge on any atom is -0.497 e. The van der Waals surface area contributed by atoms with Gasteiger partial charge in [-0.2, -0.15) is 0 Å². The summed E-state index contributed by atoms with van der Waals surface area (Å²) in [5.41, 5.74) is 4.08. The Labute approximate surface area is 205 Å². The smallest absolute Gasteiger partial charge is 0.195 e. The molecule has 0 aliphatic carbocycles. The van der Waals surface area contributed by atoms with Crippen molar-refractivity contribution in [3.8, 4) is 17.0 Å². The zero-order valence-corrected chi connectivity index (χ0v) is 20.4. The van der Waals surface area contributed by atoms with E-state index in [0.717, 1.165) is 42.9 Å². The normalized spacial score (nSPS) is 11.1. The molecule has 0 amide bonds. The number of methoxy groups -OCH3 is 1. The SMILES string of the molecule is COc1ccc(-c2cc3c(Sc4ccc(Cl)cc4)nc(Sc4ccc(C)cc4)nc3[nH]2)cc1. The molecule has 0 saturated carbocycles. The van der Waals surface area contributed by atoms with Crippen LogP contribution in [0.3, 0.4) is 0 Å². The van der Waals surface area contributed by atoms with Crippen molar-refractivity contribution in [3.05, 3.63) is 89.4 Å². The topological polar surface area (TPSA) is 50.8 Å². The van der Waals surface area contributed by atoms with E-state index in [1.807, 2.05) is 48.5 Å². The molecule has 0 unspecified atom stereocenters. The number of hydrogen-bond donors (Lipinski definition) is 1. The van der Waals surface area contributed by atoms with Crippen LogP contribution in [0.5, 0.6) is 5.75 Å². The quantitative estimate of drug-likeness (QED) is 0.194. The van der Waals surface area contributed by atoms with Gasteiger partial charge in [-0.25, -0.2) is 9.97 Å². The van der Waals surface area contributed by atoms with Gasteiger partial charge in [-0.05, 0) is 91.0 Å². The molecule has 4 nitrogen and oxygen atoms in total. The summed E-state index contributed by atoms with van der Waals surface area (Å²) in [6.45, 7) is 2.08. The van der Waals surface area contributed by atoms with E-state index in [0.29, 0.717) is 10.2 Å². The van der Waals surface area contributed by atoms with Crippen molar-refractivity contribution in [2.24, 2.45) is 0 Å². The second-order valence-electron chi connectivity index (χ2n) is 7.46. The average Bonchev–Trinajstić information content (AvgIpc) is 3.27. The first kappa shape index (κ1) is 21.9. The molecule has 0 atom stereocenters. The Morgan fingerprint density at radius 2 is 1.48 bits per heavy atom. The molecule has 5 rings (SSSR count). The van der Waals surface area contributed by atoms with Gasteiger partial charge < -0.3 is 9.72 Å². The summed E-state index contributed by atoms with van der Waals surface area (Å²) in [6.07, 6.45) is 0. The highest BCUT2D eigenvalue weighted by Gasteiger charge is 2.15. The largest absolute Gasteiger partial charge is 0.497 e. The van der Waals surface area contributed by atoms with Gasteiger partial charge >= 0.3 is 0 Å². The van der Waals surface area contributed by atoms with Crippen LogP contribution in [-0.2, 0) is 0 Å². The molecule has 33 heavy (non-hydrogen) atoms. The molecule has 0 radical (unpaired) electrons. The van der Waals surface area contributed by atoms with Crippen LogP contribution < -0.4 is 4.74 Å². The van der Waals surface area contributed by atoms with Gasteiger partial charge in [-0.15, -0.1) is 0 Å². The van der Waals surface area contributed by atoms with Crippen LogP contribution in [-0.4, -0.2) is 22.1 Å². The lowest BCUT2D eigenvalue weighted by Gasteiger charge is -2.06. The van der Waals surface area contributed by atoms with Crippen LogP contribution in [0.25, 0.3) is 22.3 Å². The highest BCUT2D eigenvalue weighted by molar-refractivity contribution is 8.00. The number of nitrogens with one attached hydrogen (secondary N) is 1. The van der Waals surface area contributed by atoms with Crippen molar-refractivity contribution in [2.45, 2.75) is 26.9 Å². The molecule has 0 aliphatic rings. The Balaban J connectivity index is 1.57. The van der Waals surface area contributed by atoms with Crippen molar-refractivity contribution in [1.29, 1.82) is 0 Å². The van der Waals surface area contributed by atoms with Gasteiger partial charge in [0.15, 0.2) is 5.16 Å². The monoisotopic (exact) mass is 489 g/mol. The summed E-state index contributed by atoms with van der Waals surface area (Å²) in [4.78, 5) is 15.4. The second-order valence-corrected chi connectivity index (χ2v) is 10.00. The van der Waals surface area contributed by atoms with E-state index in [4.69, 9.17) is 26.3 Å². The predicted molar refractivity (Wildman–Crippen MR) is 137 cm³/mol. The molecule has 2 heterocycles. The molecule has 7 heteroatoms. The number of benzene rings is 3. The Bertz CT molecular complexity index is 1400. The van der Waals surface area contributed by atoms with Gasteiger partial charge in [-0.1, -0.05) is 41.1 Å². The van der Waals surface area contributed by atoms with Gasteiger partial charge in [-0.3, -0.25) is 0 Å². The van der Waals surface area contributed by atoms with Crippen molar-refractivity contribution in [3.63, 3.8) is 0 Å². The van der Waals surface area contributed by atoms with E-state index in [1.54, 1.807) is 30.6 Å². The first-order chi connectivity index (χ1) is 16.1. The third-order valence-corrected chi connectivity index (χ3v) is 7.23. The lowest BCUT2D eigenvalue weighted by Crippen LogP contribution is -1.91.